The van der Waals surface area contributed by atoms with E-state index in [1.54, 1.807) is 0 Å². The Bertz CT molecular complexity index is 156. The van der Waals surface area contributed by atoms with Crippen molar-refractivity contribution in [3.8, 4) is 0 Å². The minimum Gasteiger partial charge on any atom is -0.327 e. The van der Waals surface area contributed by atoms with Gasteiger partial charge < -0.3 is 10.6 Å². The molecular formula is C12H24N2. The molecule has 2 nitrogen and oxygen atoms in total. The fourth-order valence-electron chi connectivity index (χ4n) is 2.10. The molecule has 82 valence electrons. The predicted octanol–water partition coefficient (Wildman–Crippen LogP) is 2.16. The van der Waals surface area contributed by atoms with Crippen LogP contribution in [0, 0.1) is 0 Å². The SMILES string of the molecule is C=CCCCCCN1CCC[C@@H](N)C1. The van der Waals surface area contributed by atoms with Gasteiger partial charge in [-0.25, -0.2) is 0 Å². The number of likely N-dealkylation sites (tertiary alicyclic amines) is 1. The summed E-state index contributed by atoms with van der Waals surface area (Å²) >= 11 is 0. The minimum atomic E-state index is 0.428. The largest absolute Gasteiger partial charge is 0.327 e. The molecule has 0 amide bonds. The molecule has 0 bridgehead atoms. The monoisotopic (exact) mass is 196 g/mol. The zero-order valence-corrected chi connectivity index (χ0v) is 9.25. The normalized spacial score (nSPS) is 23.6. The molecule has 14 heavy (non-hydrogen) atoms. The fourth-order valence-corrected chi connectivity index (χ4v) is 2.10. The van der Waals surface area contributed by atoms with E-state index in [9.17, 15) is 0 Å². The van der Waals surface area contributed by atoms with E-state index in [-0.39, 0.29) is 0 Å². The second-order valence-corrected chi connectivity index (χ2v) is 4.34. The van der Waals surface area contributed by atoms with Crippen molar-refractivity contribution in [3.05, 3.63) is 12.7 Å². The molecule has 1 saturated heterocycles. The molecular weight excluding hydrogens is 172 g/mol. The van der Waals surface area contributed by atoms with Gasteiger partial charge in [0.1, 0.15) is 0 Å². The van der Waals surface area contributed by atoms with Crippen molar-refractivity contribution >= 4 is 0 Å². The van der Waals surface area contributed by atoms with Crippen LogP contribution in [0.25, 0.3) is 0 Å². The average Bonchev–Trinajstić information content (AvgIpc) is 2.18. The van der Waals surface area contributed by atoms with Gasteiger partial charge in [0.05, 0.1) is 0 Å². The van der Waals surface area contributed by atoms with Gasteiger partial charge in [0.15, 0.2) is 0 Å². The van der Waals surface area contributed by atoms with Crippen LogP contribution in [-0.4, -0.2) is 30.6 Å². The van der Waals surface area contributed by atoms with Crippen molar-refractivity contribution < 1.29 is 0 Å². The lowest BCUT2D eigenvalue weighted by molar-refractivity contribution is 0.205. The molecule has 0 aromatic carbocycles. The summed E-state index contributed by atoms with van der Waals surface area (Å²) in [5, 5.41) is 0. The minimum absolute atomic E-state index is 0.428. The highest BCUT2D eigenvalue weighted by Crippen LogP contribution is 2.10. The Morgan fingerprint density at radius 3 is 2.93 bits per heavy atom. The number of unbranched alkanes of at least 4 members (excludes halogenated alkanes) is 3. The van der Waals surface area contributed by atoms with Gasteiger partial charge in [-0.15, -0.1) is 6.58 Å². The molecule has 0 aromatic heterocycles. The molecule has 0 aromatic rings. The number of nitrogens with two attached hydrogens (primary N) is 1. The summed E-state index contributed by atoms with van der Waals surface area (Å²) in [5.41, 5.74) is 5.92. The summed E-state index contributed by atoms with van der Waals surface area (Å²) in [6.45, 7) is 7.34. The number of nitrogens with zero attached hydrogens (tertiary/aromatic N) is 1. The van der Waals surface area contributed by atoms with Crippen molar-refractivity contribution in [1.82, 2.24) is 4.90 Å². The Labute approximate surface area is 88.2 Å². The van der Waals surface area contributed by atoms with Gasteiger partial charge in [-0.2, -0.15) is 0 Å². The lowest BCUT2D eigenvalue weighted by Crippen LogP contribution is -2.43. The third kappa shape index (κ3) is 4.77. The maximum atomic E-state index is 5.92. The Hall–Kier alpha value is -0.340. The van der Waals surface area contributed by atoms with Crippen LogP contribution in [0.1, 0.15) is 38.5 Å². The summed E-state index contributed by atoms with van der Waals surface area (Å²) in [5.74, 6) is 0. The van der Waals surface area contributed by atoms with Crippen LogP contribution in [0.2, 0.25) is 0 Å². The lowest BCUT2D eigenvalue weighted by Gasteiger charge is -2.30. The van der Waals surface area contributed by atoms with Crippen LogP contribution in [0.3, 0.4) is 0 Å². The molecule has 2 heteroatoms. The standard InChI is InChI=1S/C12H24N2/c1-2-3-4-5-6-9-14-10-7-8-12(13)11-14/h2,12H,1,3-11,13H2/t12-/m1/s1. The van der Waals surface area contributed by atoms with E-state index in [1.807, 2.05) is 6.08 Å². The van der Waals surface area contributed by atoms with E-state index in [1.165, 1.54) is 51.6 Å². The van der Waals surface area contributed by atoms with Gasteiger partial charge in [-0.3, -0.25) is 0 Å². The van der Waals surface area contributed by atoms with E-state index in [0.717, 1.165) is 6.54 Å². The van der Waals surface area contributed by atoms with Crippen LogP contribution < -0.4 is 5.73 Å². The van der Waals surface area contributed by atoms with Gasteiger partial charge in [0.2, 0.25) is 0 Å². The molecule has 1 fully saturated rings. The molecule has 0 unspecified atom stereocenters. The summed E-state index contributed by atoms with van der Waals surface area (Å²) in [7, 11) is 0. The molecule has 1 heterocycles. The van der Waals surface area contributed by atoms with Gasteiger partial charge in [0.25, 0.3) is 0 Å². The summed E-state index contributed by atoms with van der Waals surface area (Å²) < 4.78 is 0. The molecule has 1 atom stereocenters. The summed E-state index contributed by atoms with van der Waals surface area (Å²) in [4.78, 5) is 2.52. The van der Waals surface area contributed by atoms with Crippen LogP contribution in [0.15, 0.2) is 12.7 Å². The van der Waals surface area contributed by atoms with Crippen LogP contribution in [-0.2, 0) is 0 Å². The van der Waals surface area contributed by atoms with Crippen molar-refractivity contribution in [2.24, 2.45) is 5.73 Å². The highest BCUT2D eigenvalue weighted by Gasteiger charge is 2.15. The van der Waals surface area contributed by atoms with Gasteiger partial charge >= 0.3 is 0 Å². The maximum absolute atomic E-state index is 5.92. The Morgan fingerprint density at radius 1 is 1.36 bits per heavy atom. The topological polar surface area (TPSA) is 29.3 Å². The van der Waals surface area contributed by atoms with E-state index in [4.69, 9.17) is 5.73 Å². The first kappa shape index (κ1) is 11.7. The molecule has 0 radical (unpaired) electrons. The van der Waals surface area contributed by atoms with Crippen LogP contribution in [0.5, 0.6) is 0 Å². The van der Waals surface area contributed by atoms with Gasteiger partial charge in [-0.1, -0.05) is 12.5 Å². The molecule has 1 aliphatic rings. The number of hydrogen-bond donors (Lipinski definition) is 1. The van der Waals surface area contributed by atoms with Crippen molar-refractivity contribution in [2.45, 2.75) is 44.6 Å². The third-order valence-corrected chi connectivity index (χ3v) is 2.92. The Balaban J connectivity index is 1.97. The fraction of sp³-hybridized carbons (Fsp3) is 0.833. The van der Waals surface area contributed by atoms with Crippen molar-refractivity contribution in [1.29, 1.82) is 0 Å². The highest BCUT2D eigenvalue weighted by atomic mass is 15.1. The summed E-state index contributed by atoms with van der Waals surface area (Å²) in [6.07, 6.45) is 9.62. The van der Waals surface area contributed by atoms with Gasteiger partial charge in [-0.05, 0) is 45.2 Å². The zero-order valence-electron chi connectivity index (χ0n) is 9.25. The Kier molecular flexibility index (Phi) is 5.88. The second-order valence-electron chi connectivity index (χ2n) is 4.34. The molecule has 0 aliphatic carbocycles. The molecule has 0 spiro atoms. The smallest absolute Gasteiger partial charge is 0.0168 e. The first-order chi connectivity index (χ1) is 6.83. The first-order valence-electron chi connectivity index (χ1n) is 5.92. The van der Waals surface area contributed by atoms with Gasteiger partial charge in [0, 0.05) is 12.6 Å². The summed E-state index contributed by atoms with van der Waals surface area (Å²) in [6, 6.07) is 0.428. The van der Waals surface area contributed by atoms with E-state index in [2.05, 4.69) is 11.5 Å². The molecule has 1 aliphatic heterocycles. The Morgan fingerprint density at radius 2 is 2.21 bits per heavy atom. The lowest BCUT2D eigenvalue weighted by atomic mass is 10.1. The molecule has 0 saturated carbocycles. The highest BCUT2D eigenvalue weighted by molar-refractivity contribution is 4.74. The number of hydrogen-bond acceptors (Lipinski definition) is 2. The van der Waals surface area contributed by atoms with E-state index < -0.39 is 0 Å². The molecule has 2 N–H and O–H groups in total. The number of rotatable bonds is 6. The average molecular weight is 196 g/mol. The quantitative estimate of drug-likeness (QED) is 0.521. The van der Waals surface area contributed by atoms with E-state index in [0.29, 0.717) is 6.04 Å². The van der Waals surface area contributed by atoms with Crippen molar-refractivity contribution in [3.63, 3.8) is 0 Å². The third-order valence-electron chi connectivity index (χ3n) is 2.92. The maximum Gasteiger partial charge on any atom is 0.0168 e. The van der Waals surface area contributed by atoms with Crippen LogP contribution in [0.4, 0.5) is 0 Å². The zero-order chi connectivity index (χ0) is 10.2. The van der Waals surface area contributed by atoms with Crippen LogP contribution >= 0.6 is 0 Å². The molecule has 1 rings (SSSR count). The number of piperidine rings is 1. The second kappa shape index (κ2) is 7.02. The van der Waals surface area contributed by atoms with Crippen molar-refractivity contribution in [2.75, 3.05) is 19.6 Å². The first-order valence-corrected chi connectivity index (χ1v) is 5.92. The van der Waals surface area contributed by atoms with E-state index >= 15 is 0 Å². The predicted molar refractivity (Wildman–Crippen MR) is 62.3 cm³/mol. The number of allylic oxidation sites excluding steroid dienone is 1.